The number of nitrogens with one attached hydrogen (secondary N) is 1. The first-order valence-corrected chi connectivity index (χ1v) is 11.1. The van der Waals surface area contributed by atoms with Gasteiger partial charge in [0.1, 0.15) is 11.6 Å². The number of benzene rings is 1. The summed E-state index contributed by atoms with van der Waals surface area (Å²) in [7, 11) is -3.47. The van der Waals surface area contributed by atoms with Crippen LogP contribution in [0, 0.1) is 5.82 Å². The van der Waals surface area contributed by atoms with Gasteiger partial charge >= 0.3 is 0 Å². The maximum Gasteiger partial charge on any atom is 0.254 e. The predicted octanol–water partition coefficient (Wildman–Crippen LogP) is 1.94. The summed E-state index contributed by atoms with van der Waals surface area (Å²) in [5.41, 5.74) is 8.54. The van der Waals surface area contributed by atoms with Crippen LogP contribution in [0.25, 0.3) is 0 Å². The summed E-state index contributed by atoms with van der Waals surface area (Å²) in [5.74, 6) is -1.08. The fraction of sp³-hybridized carbons (Fsp3) is 0.474. The van der Waals surface area contributed by atoms with E-state index < -0.39 is 27.0 Å². The third kappa shape index (κ3) is 3.29. The third-order valence-corrected chi connectivity index (χ3v) is 7.88. The molecular formula is C19H24FN5O3S. The molecule has 29 heavy (non-hydrogen) atoms. The molecule has 0 saturated carbocycles. The van der Waals surface area contributed by atoms with Crippen molar-refractivity contribution in [3.05, 3.63) is 40.8 Å². The van der Waals surface area contributed by atoms with Crippen molar-refractivity contribution in [1.29, 1.82) is 0 Å². The van der Waals surface area contributed by atoms with E-state index in [2.05, 4.69) is 10.4 Å². The van der Waals surface area contributed by atoms with Gasteiger partial charge in [-0.25, -0.2) is 17.5 Å². The average molecular weight is 421 g/mol. The Labute approximate surface area is 168 Å². The van der Waals surface area contributed by atoms with Crippen LogP contribution in [-0.4, -0.2) is 46.8 Å². The number of nitrogen functional groups attached to an aromatic ring is 1. The van der Waals surface area contributed by atoms with Crippen molar-refractivity contribution in [2.45, 2.75) is 44.4 Å². The van der Waals surface area contributed by atoms with Crippen LogP contribution in [0.1, 0.15) is 47.8 Å². The Hall–Kier alpha value is -2.46. The van der Waals surface area contributed by atoms with Crippen molar-refractivity contribution in [2.24, 2.45) is 0 Å². The highest BCUT2D eigenvalue weighted by Gasteiger charge is 2.36. The zero-order valence-corrected chi connectivity index (χ0v) is 17.2. The zero-order chi connectivity index (χ0) is 20.9. The normalized spacial score (nSPS) is 19.5. The van der Waals surface area contributed by atoms with Gasteiger partial charge < -0.3 is 11.1 Å². The fourth-order valence-corrected chi connectivity index (χ4v) is 5.26. The number of aromatic nitrogens is 2. The second kappa shape index (κ2) is 7.10. The molecular weight excluding hydrogens is 397 g/mol. The molecule has 8 nitrogen and oxygen atoms in total. The van der Waals surface area contributed by atoms with Gasteiger partial charge in [-0.15, -0.1) is 5.10 Å². The summed E-state index contributed by atoms with van der Waals surface area (Å²) in [6.45, 7) is 4.18. The molecule has 4 rings (SSSR count). The largest absolute Gasteiger partial charge is 0.385 e. The smallest absolute Gasteiger partial charge is 0.254 e. The Morgan fingerprint density at radius 1 is 1.38 bits per heavy atom. The highest BCUT2D eigenvalue weighted by Crippen LogP contribution is 2.35. The van der Waals surface area contributed by atoms with Gasteiger partial charge in [-0.3, -0.25) is 4.79 Å². The van der Waals surface area contributed by atoms with Gasteiger partial charge in [0.05, 0.1) is 23.4 Å². The van der Waals surface area contributed by atoms with Crippen LogP contribution in [0.3, 0.4) is 0 Å². The van der Waals surface area contributed by atoms with Crippen molar-refractivity contribution in [2.75, 3.05) is 24.1 Å². The van der Waals surface area contributed by atoms with E-state index in [-0.39, 0.29) is 18.3 Å². The topological polar surface area (TPSA) is 110 Å². The number of rotatable bonds is 3. The van der Waals surface area contributed by atoms with E-state index >= 15 is 0 Å². The number of hydrogen-bond acceptors (Lipinski definition) is 6. The molecule has 156 valence electrons. The van der Waals surface area contributed by atoms with E-state index in [1.165, 1.54) is 21.1 Å². The van der Waals surface area contributed by atoms with Crippen molar-refractivity contribution >= 4 is 27.4 Å². The molecule has 1 atom stereocenters. The Morgan fingerprint density at radius 3 is 2.86 bits per heavy atom. The first kappa shape index (κ1) is 19.8. The Morgan fingerprint density at radius 2 is 2.14 bits per heavy atom. The highest BCUT2D eigenvalue weighted by atomic mass is 32.2. The van der Waals surface area contributed by atoms with E-state index in [4.69, 9.17) is 5.73 Å². The lowest BCUT2D eigenvalue weighted by Gasteiger charge is -2.29. The summed E-state index contributed by atoms with van der Waals surface area (Å²) in [6, 6.07) is 4.33. The summed E-state index contributed by atoms with van der Waals surface area (Å²) in [6.07, 6.45) is 0.885. The molecule has 0 spiro atoms. The molecule has 2 aromatic rings. The van der Waals surface area contributed by atoms with Gasteiger partial charge in [-0.05, 0) is 50.5 Å². The molecule has 1 aromatic heterocycles. The fourth-order valence-electron chi connectivity index (χ4n) is 4.01. The van der Waals surface area contributed by atoms with Crippen LogP contribution in [0.4, 0.5) is 15.9 Å². The number of halogens is 1. The Bertz CT molecular complexity index is 1080. The summed E-state index contributed by atoms with van der Waals surface area (Å²) >= 11 is 0. The van der Waals surface area contributed by atoms with Gasteiger partial charge in [0.2, 0.25) is 10.0 Å². The SMILES string of the molecule is CC(C)S(=O)(=O)N1CCc2c(N)nn(C(=O)C3CCNc4ccc(F)cc43)c2C1. The van der Waals surface area contributed by atoms with E-state index in [0.29, 0.717) is 48.4 Å². The molecule has 10 heteroatoms. The molecule has 3 heterocycles. The Balaban J connectivity index is 1.72. The van der Waals surface area contributed by atoms with Crippen LogP contribution in [-0.2, 0) is 23.0 Å². The van der Waals surface area contributed by atoms with E-state index in [9.17, 15) is 17.6 Å². The number of nitrogens with zero attached hydrogens (tertiary/aromatic N) is 3. The number of carbonyl (C=O) groups is 1. The van der Waals surface area contributed by atoms with Crippen molar-refractivity contribution in [3.63, 3.8) is 0 Å². The molecule has 0 saturated heterocycles. The van der Waals surface area contributed by atoms with Crippen LogP contribution in [0.5, 0.6) is 0 Å². The van der Waals surface area contributed by atoms with Crippen molar-refractivity contribution < 1.29 is 17.6 Å². The van der Waals surface area contributed by atoms with E-state index in [0.717, 1.165) is 0 Å². The second-order valence-corrected chi connectivity index (χ2v) is 10.2. The summed E-state index contributed by atoms with van der Waals surface area (Å²) in [5, 5.41) is 6.84. The van der Waals surface area contributed by atoms with Gasteiger partial charge in [0.15, 0.2) is 0 Å². The number of fused-ring (bicyclic) bond motifs is 2. The monoisotopic (exact) mass is 421 g/mol. The van der Waals surface area contributed by atoms with Crippen LogP contribution in [0.15, 0.2) is 18.2 Å². The lowest BCUT2D eigenvalue weighted by Crippen LogP contribution is -2.41. The van der Waals surface area contributed by atoms with Crippen LogP contribution >= 0.6 is 0 Å². The quantitative estimate of drug-likeness (QED) is 0.784. The maximum atomic E-state index is 13.8. The highest BCUT2D eigenvalue weighted by molar-refractivity contribution is 7.89. The first-order valence-electron chi connectivity index (χ1n) is 9.63. The number of anilines is 2. The molecule has 1 unspecified atom stereocenters. The minimum absolute atomic E-state index is 0.0484. The zero-order valence-electron chi connectivity index (χ0n) is 16.4. The summed E-state index contributed by atoms with van der Waals surface area (Å²) < 4.78 is 41.7. The van der Waals surface area contributed by atoms with Gasteiger partial charge in [-0.2, -0.15) is 4.31 Å². The number of hydrogen-bond donors (Lipinski definition) is 2. The Kier molecular flexibility index (Phi) is 4.86. The molecule has 2 aliphatic heterocycles. The van der Waals surface area contributed by atoms with Crippen molar-refractivity contribution in [1.82, 2.24) is 14.1 Å². The lowest BCUT2D eigenvalue weighted by molar-refractivity contribution is 0.0850. The maximum absolute atomic E-state index is 13.8. The second-order valence-electron chi connectivity index (χ2n) is 7.74. The minimum Gasteiger partial charge on any atom is -0.385 e. The molecule has 0 fully saturated rings. The molecule has 0 radical (unpaired) electrons. The standard InChI is InChI=1S/C19H24FN5O3S/c1-11(2)29(27,28)24-8-6-14-17(10-24)25(23-18(14)21)19(26)13-5-7-22-16-4-3-12(20)9-15(13)16/h3-4,9,11,13,22H,5-8,10H2,1-2H3,(H2,21,23). The van der Waals surface area contributed by atoms with Gasteiger partial charge in [-0.1, -0.05) is 0 Å². The minimum atomic E-state index is -3.47. The molecule has 0 bridgehead atoms. The van der Waals surface area contributed by atoms with Crippen molar-refractivity contribution in [3.8, 4) is 0 Å². The number of carbonyl (C=O) groups excluding carboxylic acids is 1. The first-order chi connectivity index (χ1) is 13.7. The van der Waals surface area contributed by atoms with Gasteiger partial charge in [0.25, 0.3) is 5.91 Å². The predicted molar refractivity (Wildman–Crippen MR) is 108 cm³/mol. The molecule has 0 amide bonds. The lowest BCUT2D eigenvalue weighted by atomic mass is 9.90. The van der Waals surface area contributed by atoms with E-state index in [1.54, 1.807) is 19.9 Å². The third-order valence-electron chi connectivity index (χ3n) is 5.66. The molecule has 2 aliphatic rings. The van der Waals surface area contributed by atoms with Crippen LogP contribution in [0.2, 0.25) is 0 Å². The molecule has 3 N–H and O–H groups in total. The average Bonchev–Trinajstić information content (AvgIpc) is 3.03. The van der Waals surface area contributed by atoms with Gasteiger partial charge in [0, 0.05) is 24.3 Å². The summed E-state index contributed by atoms with van der Waals surface area (Å²) in [4.78, 5) is 13.4. The molecule has 1 aromatic carbocycles. The van der Waals surface area contributed by atoms with Crippen LogP contribution < -0.4 is 11.1 Å². The van der Waals surface area contributed by atoms with E-state index in [1.807, 2.05) is 0 Å². The number of nitrogens with two attached hydrogens (primary N) is 1. The number of sulfonamides is 1. The molecule has 0 aliphatic carbocycles.